The molecule has 0 spiro atoms. The van der Waals surface area contributed by atoms with E-state index in [1.54, 1.807) is 0 Å². The molecule has 2 rings (SSSR count). The zero-order valence-corrected chi connectivity index (χ0v) is 12.7. The molecule has 2 aromatic rings. The average Bonchev–Trinajstić information content (AvgIpc) is 2.63. The molecule has 19 heavy (non-hydrogen) atoms. The molecule has 1 aromatic heterocycles. The Hall–Kier alpha value is -1.06. The molecule has 2 N–H and O–H groups in total. The lowest BCUT2D eigenvalue weighted by Gasteiger charge is -2.23. The van der Waals surface area contributed by atoms with E-state index in [9.17, 15) is 0 Å². The smallest absolute Gasteiger partial charge is 0.109 e. The molecule has 0 radical (unpaired) electrons. The highest BCUT2D eigenvalue weighted by molar-refractivity contribution is 6.31. The normalized spacial score (nSPS) is 12.3. The second-order valence-corrected chi connectivity index (χ2v) is 6.36. The molecule has 0 saturated heterocycles. The highest BCUT2D eigenvalue weighted by Crippen LogP contribution is 2.27. The highest BCUT2D eigenvalue weighted by atomic mass is 35.5. The van der Waals surface area contributed by atoms with Gasteiger partial charge in [0.1, 0.15) is 5.82 Å². The number of hydrogen-bond acceptors (Lipinski definition) is 2. The van der Waals surface area contributed by atoms with E-state index in [2.05, 4.69) is 30.4 Å². The van der Waals surface area contributed by atoms with Gasteiger partial charge in [-0.15, -0.1) is 0 Å². The Kier molecular flexibility index (Phi) is 4.16. The Morgan fingerprint density at radius 1 is 1.32 bits per heavy atom. The lowest BCUT2D eigenvalue weighted by Crippen LogP contribution is -2.18. The van der Waals surface area contributed by atoms with Gasteiger partial charge in [-0.2, -0.15) is 0 Å². The van der Waals surface area contributed by atoms with Crippen molar-refractivity contribution in [3.63, 3.8) is 0 Å². The number of imidazole rings is 1. The third-order valence-corrected chi connectivity index (χ3v) is 4.02. The molecule has 1 aromatic carbocycles. The molecule has 1 heterocycles. The van der Waals surface area contributed by atoms with Crippen molar-refractivity contribution in [2.75, 3.05) is 6.54 Å². The van der Waals surface area contributed by atoms with Gasteiger partial charge in [-0.05, 0) is 43.0 Å². The summed E-state index contributed by atoms with van der Waals surface area (Å²) < 4.78 is 2.16. The molecule has 0 bridgehead atoms. The van der Waals surface area contributed by atoms with Crippen LogP contribution in [0.5, 0.6) is 0 Å². The maximum absolute atomic E-state index is 6.01. The molecule has 0 saturated carbocycles. The van der Waals surface area contributed by atoms with Gasteiger partial charge in [-0.3, -0.25) is 0 Å². The van der Waals surface area contributed by atoms with Crippen molar-refractivity contribution < 1.29 is 0 Å². The van der Waals surface area contributed by atoms with Crippen LogP contribution in [0, 0.1) is 5.41 Å². The van der Waals surface area contributed by atoms with Crippen LogP contribution in [0.4, 0.5) is 0 Å². The summed E-state index contributed by atoms with van der Waals surface area (Å²) in [4.78, 5) is 4.68. The molecule has 0 atom stereocenters. The molecule has 3 nitrogen and oxygen atoms in total. The van der Waals surface area contributed by atoms with E-state index < -0.39 is 0 Å². The number of aromatic nitrogens is 2. The molecule has 0 amide bonds. The Bertz CT molecular complexity index is 572. The van der Waals surface area contributed by atoms with Gasteiger partial charge in [0.2, 0.25) is 0 Å². The number of aryl methyl sites for hydroxylation is 2. The topological polar surface area (TPSA) is 43.8 Å². The Balaban J connectivity index is 2.19. The van der Waals surface area contributed by atoms with E-state index >= 15 is 0 Å². The van der Waals surface area contributed by atoms with Crippen LogP contribution in [0.2, 0.25) is 5.02 Å². The summed E-state index contributed by atoms with van der Waals surface area (Å²) in [5, 5.41) is 0.737. The quantitative estimate of drug-likeness (QED) is 0.910. The summed E-state index contributed by atoms with van der Waals surface area (Å²) >= 11 is 6.01. The van der Waals surface area contributed by atoms with Crippen molar-refractivity contribution in [1.29, 1.82) is 0 Å². The first-order valence-corrected chi connectivity index (χ1v) is 7.12. The van der Waals surface area contributed by atoms with Crippen molar-refractivity contribution >= 4 is 22.6 Å². The summed E-state index contributed by atoms with van der Waals surface area (Å²) in [6.45, 7) is 5.27. The zero-order valence-electron chi connectivity index (χ0n) is 11.9. The first-order chi connectivity index (χ1) is 8.93. The van der Waals surface area contributed by atoms with Crippen molar-refractivity contribution in [3.05, 3.63) is 29.0 Å². The summed E-state index contributed by atoms with van der Waals surface area (Å²) in [5.41, 5.74) is 8.03. The number of hydrogen-bond donors (Lipinski definition) is 1. The molecule has 104 valence electrons. The van der Waals surface area contributed by atoms with E-state index in [1.165, 1.54) is 0 Å². The van der Waals surface area contributed by atoms with Gasteiger partial charge >= 0.3 is 0 Å². The fraction of sp³-hybridized carbons (Fsp3) is 0.533. The third kappa shape index (κ3) is 3.28. The SMILES string of the molecule is Cn1c(CCC(C)(C)CCN)nc2cc(Cl)ccc21. The van der Waals surface area contributed by atoms with Crippen LogP contribution in [-0.2, 0) is 13.5 Å². The minimum atomic E-state index is 0.268. The van der Waals surface area contributed by atoms with Gasteiger partial charge in [-0.1, -0.05) is 25.4 Å². The molecule has 0 aliphatic carbocycles. The van der Waals surface area contributed by atoms with Crippen LogP contribution in [0.3, 0.4) is 0 Å². The average molecular weight is 280 g/mol. The standard InChI is InChI=1S/C15H22ClN3/c1-15(2,8-9-17)7-6-14-18-12-10-11(16)4-5-13(12)19(14)3/h4-5,10H,6-9,17H2,1-3H3. The predicted octanol–water partition coefficient (Wildman–Crippen LogP) is 3.53. The fourth-order valence-electron chi connectivity index (χ4n) is 2.41. The lowest BCUT2D eigenvalue weighted by atomic mass is 9.84. The summed E-state index contributed by atoms with van der Waals surface area (Å²) in [5.74, 6) is 1.11. The molecular weight excluding hydrogens is 258 g/mol. The van der Waals surface area contributed by atoms with E-state index in [1.807, 2.05) is 18.2 Å². The van der Waals surface area contributed by atoms with Crippen LogP contribution in [0.25, 0.3) is 11.0 Å². The van der Waals surface area contributed by atoms with E-state index in [-0.39, 0.29) is 5.41 Å². The maximum atomic E-state index is 6.01. The molecule has 4 heteroatoms. The van der Waals surface area contributed by atoms with E-state index in [0.29, 0.717) is 0 Å². The second kappa shape index (κ2) is 5.51. The second-order valence-electron chi connectivity index (χ2n) is 5.92. The minimum Gasteiger partial charge on any atom is -0.331 e. The number of nitrogens with zero attached hydrogens (tertiary/aromatic N) is 2. The minimum absolute atomic E-state index is 0.268. The molecule has 0 unspecified atom stereocenters. The first kappa shape index (κ1) is 14.4. The number of benzene rings is 1. The van der Waals surface area contributed by atoms with Gasteiger partial charge < -0.3 is 10.3 Å². The highest BCUT2D eigenvalue weighted by Gasteiger charge is 2.18. The fourth-order valence-corrected chi connectivity index (χ4v) is 2.58. The molecule has 0 aliphatic heterocycles. The van der Waals surface area contributed by atoms with Crippen LogP contribution in [0.1, 0.15) is 32.5 Å². The van der Waals surface area contributed by atoms with Gasteiger partial charge in [-0.25, -0.2) is 4.98 Å². The van der Waals surface area contributed by atoms with Gasteiger partial charge in [0.05, 0.1) is 11.0 Å². The van der Waals surface area contributed by atoms with Crippen LogP contribution < -0.4 is 5.73 Å². The van der Waals surface area contributed by atoms with E-state index in [4.69, 9.17) is 17.3 Å². The lowest BCUT2D eigenvalue weighted by molar-refractivity contribution is 0.310. The largest absolute Gasteiger partial charge is 0.331 e. The molecule has 0 fully saturated rings. The van der Waals surface area contributed by atoms with Gasteiger partial charge in [0.25, 0.3) is 0 Å². The predicted molar refractivity (Wildman–Crippen MR) is 81.5 cm³/mol. The Morgan fingerprint density at radius 2 is 2.05 bits per heavy atom. The number of fused-ring (bicyclic) bond motifs is 1. The third-order valence-electron chi connectivity index (χ3n) is 3.78. The number of halogens is 1. The van der Waals surface area contributed by atoms with Crippen molar-refractivity contribution in [2.45, 2.75) is 33.1 Å². The monoisotopic (exact) mass is 279 g/mol. The van der Waals surface area contributed by atoms with Crippen LogP contribution in [-0.4, -0.2) is 16.1 Å². The van der Waals surface area contributed by atoms with Crippen molar-refractivity contribution in [2.24, 2.45) is 18.2 Å². The van der Waals surface area contributed by atoms with Crippen LogP contribution >= 0.6 is 11.6 Å². The first-order valence-electron chi connectivity index (χ1n) is 6.74. The maximum Gasteiger partial charge on any atom is 0.109 e. The summed E-state index contributed by atoms with van der Waals surface area (Å²) in [6, 6.07) is 5.86. The van der Waals surface area contributed by atoms with Gasteiger partial charge in [0.15, 0.2) is 0 Å². The van der Waals surface area contributed by atoms with Crippen molar-refractivity contribution in [1.82, 2.24) is 9.55 Å². The summed E-state index contributed by atoms with van der Waals surface area (Å²) in [7, 11) is 2.06. The Morgan fingerprint density at radius 3 is 2.74 bits per heavy atom. The number of rotatable bonds is 5. The Labute approximate surface area is 119 Å². The molecule has 0 aliphatic rings. The summed E-state index contributed by atoms with van der Waals surface area (Å²) in [6.07, 6.45) is 3.10. The van der Waals surface area contributed by atoms with Crippen LogP contribution in [0.15, 0.2) is 18.2 Å². The van der Waals surface area contributed by atoms with Crippen molar-refractivity contribution in [3.8, 4) is 0 Å². The number of nitrogens with two attached hydrogens (primary N) is 1. The molecular formula is C15H22ClN3. The zero-order chi connectivity index (χ0) is 14.0. The van der Waals surface area contributed by atoms with E-state index in [0.717, 1.165) is 47.7 Å². The van der Waals surface area contributed by atoms with Gasteiger partial charge in [0, 0.05) is 18.5 Å².